The van der Waals surface area contributed by atoms with Crippen LogP contribution in [-0.2, 0) is 4.79 Å². The number of hydrogen-bond acceptors (Lipinski definition) is 2. The third-order valence-electron chi connectivity index (χ3n) is 3.26. The summed E-state index contributed by atoms with van der Waals surface area (Å²) >= 11 is 0. The Bertz CT molecular complexity index is 425. The maximum atomic E-state index is 11.5. The van der Waals surface area contributed by atoms with E-state index in [0.717, 1.165) is 17.6 Å². The molecule has 0 aliphatic heterocycles. The average molecular weight is 203 g/mol. The van der Waals surface area contributed by atoms with E-state index in [4.69, 9.17) is 11.5 Å². The maximum absolute atomic E-state index is 11.5. The molecular weight excluding hydrogens is 188 g/mol. The van der Waals surface area contributed by atoms with Gasteiger partial charge in [-0.15, -0.1) is 0 Å². The van der Waals surface area contributed by atoms with Crippen molar-refractivity contribution in [2.45, 2.75) is 32.4 Å². The van der Waals surface area contributed by atoms with Gasteiger partial charge in [0, 0.05) is 0 Å². The summed E-state index contributed by atoms with van der Waals surface area (Å²) in [7, 11) is 0. The predicted octanol–water partition coefficient (Wildman–Crippen LogP) is 2.26. The van der Waals surface area contributed by atoms with Crippen LogP contribution in [0.15, 0.2) is 34.4 Å². The van der Waals surface area contributed by atoms with Gasteiger partial charge < -0.3 is 11.5 Å². The second kappa shape index (κ2) is 3.15. The molecule has 3 heteroatoms. The maximum Gasteiger partial charge on any atom is 0.155 e. The van der Waals surface area contributed by atoms with E-state index in [2.05, 4.69) is 13.0 Å². The lowest BCUT2D eigenvalue weighted by Crippen LogP contribution is -2.46. The first-order valence-corrected chi connectivity index (χ1v) is 5.08. The fourth-order valence-corrected chi connectivity index (χ4v) is 2.06. The Hall–Kier alpha value is -1.19. The van der Waals surface area contributed by atoms with E-state index in [1.54, 1.807) is 0 Å². The van der Waals surface area contributed by atoms with E-state index in [0.29, 0.717) is 6.42 Å². The molecule has 0 amide bonds. The summed E-state index contributed by atoms with van der Waals surface area (Å²) in [5.41, 5.74) is 16.5. The number of ketones is 1. The highest BCUT2D eigenvalue weighted by atomic mass is 16.1. The van der Waals surface area contributed by atoms with Crippen molar-refractivity contribution in [1.29, 1.82) is 0 Å². The Balaban J connectivity index is 2.52. The third-order valence-corrected chi connectivity index (χ3v) is 3.26. The minimum Gasteiger partial charge on any atom is -0.653 e. The van der Waals surface area contributed by atoms with E-state index >= 15 is 0 Å². The summed E-state index contributed by atoms with van der Waals surface area (Å²) in [5.74, 6) is -0.276. The zero-order chi connectivity index (χ0) is 11.2. The van der Waals surface area contributed by atoms with Crippen molar-refractivity contribution in [1.82, 2.24) is 0 Å². The molecule has 0 unspecified atom stereocenters. The molecule has 2 rings (SSSR count). The molecule has 3 nitrogen and oxygen atoms in total. The van der Waals surface area contributed by atoms with Crippen molar-refractivity contribution >= 4 is 5.78 Å². The van der Waals surface area contributed by atoms with Crippen molar-refractivity contribution in [3.8, 4) is 0 Å². The topological polar surface area (TPSA) is 66.9 Å². The molecule has 0 saturated carbocycles. The van der Waals surface area contributed by atoms with E-state index < -0.39 is 5.66 Å². The monoisotopic (exact) mass is 203 g/mol. The Labute approximate surface area is 89.5 Å². The van der Waals surface area contributed by atoms with Crippen LogP contribution in [0.4, 0.5) is 0 Å². The molecule has 1 atom stereocenters. The molecule has 0 bridgehead atoms. The predicted molar refractivity (Wildman–Crippen MR) is 60.0 cm³/mol. The molecule has 2 aliphatic carbocycles. The number of rotatable bonds is 0. The van der Waals surface area contributed by atoms with Crippen molar-refractivity contribution in [3.63, 3.8) is 0 Å². The third kappa shape index (κ3) is 1.58. The van der Waals surface area contributed by atoms with E-state index in [-0.39, 0.29) is 5.78 Å². The molecule has 15 heavy (non-hydrogen) atoms. The quantitative estimate of drug-likeness (QED) is 0.656. The van der Waals surface area contributed by atoms with Gasteiger partial charge in [0.1, 0.15) is 0 Å². The average Bonchev–Trinajstić information content (AvgIpc) is 2.15. The Kier molecular flexibility index (Phi) is 2.17. The number of allylic oxidation sites excluding steroid dienone is 4. The molecule has 0 radical (unpaired) electrons. The van der Waals surface area contributed by atoms with Crippen LogP contribution in [-0.4, -0.2) is 11.4 Å². The van der Waals surface area contributed by atoms with Gasteiger partial charge in [-0.05, 0) is 55.1 Å². The van der Waals surface area contributed by atoms with Crippen LogP contribution in [0.2, 0.25) is 0 Å². The zero-order valence-corrected chi connectivity index (χ0v) is 9.05. The molecular formula is C12H15N2O-. The van der Waals surface area contributed by atoms with Gasteiger partial charge in [-0.25, -0.2) is 0 Å². The standard InChI is InChI=1S/C12H15N2O/c1-7-3-4-9-5-11(15)12(13,14)6-10(9)8(7)2/h3,5,13H,4,6,14H2,1-2H3/q-1/t12-/m1/s1. The molecule has 2 aliphatic rings. The molecule has 0 aromatic rings. The largest absolute Gasteiger partial charge is 0.653 e. The SMILES string of the molecule is CC1=CCC2=CC(=O)[C@]([NH-])(N)CC2=C1C. The molecule has 0 fully saturated rings. The molecule has 80 valence electrons. The summed E-state index contributed by atoms with van der Waals surface area (Å²) in [6, 6.07) is 0. The summed E-state index contributed by atoms with van der Waals surface area (Å²) in [5, 5.41) is 0. The lowest BCUT2D eigenvalue weighted by molar-refractivity contribution is -0.118. The van der Waals surface area contributed by atoms with E-state index in [9.17, 15) is 4.79 Å². The second-order valence-electron chi connectivity index (χ2n) is 4.38. The molecule has 3 N–H and O–H groups in total. The van der Waals surface area contributed by atoms with Crippen LogP contribution < -0.4 is 5.73 Å². The van der Waals surface area contributed by atoms with Crippen LogP contribution in [0.1, 0.15) is 26.7 Å². The molecule has 0 heterocycles. The van der Waals surface area contributed by atoms with Crippen molar-refractivity contribution in [2.24, 2.45) is 5.73 Å². The summed E-state index contributed by atoms with van der Waals surface area (Å²) < 4.78 is 0. The number of carbonyl (C=O) groups excluding carboxylic acids is 1. The second-order valence-corrected chi connectivity index (χ2v) is 4.38. The van der Waals surface area contributed by atoms with Crippen molar-refractivity contribution in [3.05, 3.63) is 40.2 Å². The first-order chi connectivity index (χ1) is 6.92. The fourth-order valence-electron chi connectivity index (χ4n) is 2.06. The Morgan fingerprint density at radius 3 is 2.80 bits per heavy atom. The summed E-state index contributed by atoms with van der Waals surface area (Å²) in [6.07, 6.45) is 4.79. The van der Waals surface area contributed by atoms with Crippen molar-refractivity contribution in [2.75, 3.05) is 0 Å². The van der Waals surface area contributed by atoms with Crippen LogP contribution in [0.5, 0.6) is 0 Å². The number of hydrogen-bond donors (Lipinski definition) is 1. The summed E-state index contributed by atoms with van der Waals surface area (Å²) in [6.45, 7) is 4.08. The fraction of sp³-hybridized carbons (Fsp3) is 0.417. The van der Waals surface area contributed by atoms with Gasteiger partial charge in [-0.1, -0.05) is 11.6 Å². The normalized spacial score (nSPS) is 31.1. The van der Waals surface area contributed by atoms with E-state index in [1.807, 2.05) is 6.92 Å². The highest BCUT2D eigenvalue weighted by Gasteiger charge is 2.29. The molecule has 0 saturated heterocycles. The van der Waals surface area contributed by atoms with Gasteiger partial charge in [0.25, 0.3) is 0 Å². The number of fused-ring (bicyclic) bond motifs is 1. The lowest BCUT2D eigenvalue weighted by atomic mass is 9.78. The number of nitrogens with one attached hydrogen (secondary N) is 1. The Morgan fingerprint density at radius 2 is 2.13 bits per heavy atom. The summed E-state index contributed by atoms with van der Waals surface area (Å²) in [4.78, 5) is 11.5. The van der Waals surface area contributed by atoms with Crippen LogP contribution in [0.3, 0.4) is 0 Å². The van der Waals surface area contributed by atoms with Gasteiger partial charge in [0.2, 0.25) is 0 Å². The zero-order valence-electron chi connectivity index (χ0n) is 9.05. The Morgan fingerprint density at radius 1 is 1.47 bits per heavy atom. The van der Waals surface area contributed by atoms with Gasteiger partial charge >= 0.3 is 0 Å². The van der Waals surface area contributed by atoms with Gasteiger partial charge in [0.15, 0.2) is 5.78 Å². The molecule has 0 spiro atoms. The first kappa shape index (κ1) is 10.3. The number of carbonyl (C=O) groups is 1. The smallest absolute Gasteiger partial charge is 0.155 e. The van der Waals surface area contributed by atoms with Crippen LogP contribution >= 0.6 is 0 Å². The molecule has 0 aromatic heterocycles. The minimum atomic E-state index is -1.46. The van der Waals surface area contributed by atoms with Gasteiger partial charge in [0.05, 0.1) is 0 Å². The van der Waals surface area contributed by atoms with Crippen LogP contribution in [0, 0.1) is 0 Å². The minimum absolute atomic E-state index is 0.276. The van der Waals surface area contributed by atoms with E-state index in [1.165, 1.54) is 17.2 Å². The van der Waals surface area contributed by atoms with Gasteiger partial charge in [-0.3, -0.25) is 4.79 Å². The number of nitrogens with two attached hydrogens (primary N) is 1. The molecule has 0 aromatic carbocycles. The highest BCUT2D eigenvalue weighted by Crippen LogP contribution is 2.37. The highest BCUT2D eigenvalue weighted by molar-refractivity contribution is 6.01. The van der Waals surface area contributed by atoms with Crippen LogP contribution in [0.25, 0.3) is 5.73 Å². The van der Waals surface area contributed by atoms with Crippen molar-refractivity contribution < 1.29 is 4.79 Å². The lowest BCUT2D eigenvalue weighted by Gasteiger charge is -2.38. The van der Waals surface area contributed by atoms with Gasteiger partial charge in [-0.2, -0.15) is 0 Å². The first-order valence-electron chi connectivity index (χ1n) is 5.08.